The van der Waals surface area contributed by atoms with Crippen LogP contribution in [0.4, 0.5) is 5.69 Å². The normalized spacial score (nSPS) is 11.0. The lowest BCUT2D eigenvalue weighted by Gasteiger charge is -2.08. The molecule has 1 amide bonds. The van der Waals surface area contributed by atoms with Crippen LogP contribution in [0.2, 0.25) is 0 Å². The number of rotatable bonds is 6. The zero-order chi connectivity index (χ0) is 17.0. The number of nitro groups is 1. The van der Waals surface area contributed by atoms with Gasteiger partial charge in [-0.25, -0.2) is 8.42 Å². The van der Waals surface area contributed by atoms with Crippen LogP contribution < -0.4 is 15.0 Å². The third-order valence-electron chi connectivity index (χ3n) is 2.70. The highest BCUT2D eigenvalue weighted by Gasteiger charge is 2.22. The van der Waals surface area contributed by atoms with Gasteiger partial charge >= 0.3 is 11.6 Å². The largest absolute Gasteiger partial charge is 0.490 e. The standard InChI is InChI=1S/C12H11N3O7S/c1-21-10-5-4-8(7-9(10)15(17)18)23(19,20)14-13-12(16)11-3-2-6-22-11/h2-7,14H,1H3,(H,13,16). The molecule has 0 aliphatic rings. The first-order valence-electron chi connectivity index (χ1n) is 6.03. The van der Waals surface area contributed by atoms with Gasteiger partial charge < -0.3 is 9.15 Å². The van der Waals surface area contributed by atoms with Crippen molar-refractivity contribution in [2.24, 2.45) is 0 Å². The second-order valence-corrected chi connectivity index (χ2v) is 5.81. The van der Waals surface area contributed by atoms with Gasteiger partial charge in [0.15, 0.2) is 11.5 Å². The van der Waals surface area contributed by atoms with Crippen LogP contribution in [0.3, 0.4) is 0 Å². The summed E-state index contributed by atoms with van der Waals surface area (Å²) in [5.74, 6) is -1.01. The number of ether oxygens (including phenoxy) is 1. The number of carbonyl (C=O) groups is 1. The Kier molecular flexibility index (Phi) is 4.62. The molecule has 11 heteroatoms. The van der Waals surface area contributed by atoms with Crippen molar-refractivity contribution in [1.29, 1.82) is 0 Å². The lowest BCUT2D eigenvalue weighted by molar-refractivity contribution is -0.386. The Morgan fingerprint density at radius 2 is 2.09 bits per heavy atom. The van der Waals surface area contributed by atoms with Gasteiger partial charge in [-0.1, -0.05) is 0 Å². The van der Waals surface area contributed by atoms with Crippen molar-refractivity contribution in [2.45, 2.75) is 4.90 Å². The number of sulfonamides is 1. The first kappa shape index (κ1) is 16.5. The zero-order valence-corrected chi connectivity index (χ0v) is 12.5. The minimum absolute atomic E-state index is 0.0893. The molecule has 0 saturated heterocycles. The third-order valence-corrected chi connectivity index (χ3v) is 3.95. The first-order chi connectivity index (χ1) is 10.8. The fourth-order valence-corrected chi connectivity index (χ4v) is 2.48. The molecule has 0 bridgehead atoms. The van der Waals surface area contributed by atoms with Gasteiger partial charge in [0.2, 0.25) is 0 Å². The predicted octanol–water partition coefficient (Wildman–Crippen LogP) is 0.820. The van der Waals surface area contributed by atoms with Gasteiger partial charge in [-0.05, 0) is 24.3 Å². The number of furan rings is 1. The molecule has 0 saturated carbocycles. The van der Waals surface area contributed by atoms with Crippen molar-refractivity contribution in [3.05, 3.63) is 52.5 Å². The number of hydrogen-bond donors (Lipinski definition) is 2. The lowest BCUT2D eigenvalue weighted by atomic mass is 10.3. The van der Waals surface area contributed by atoms with Crippen LogP contribution in [0.1, 0.15) is 10.6 Å². The van der Waals surface area contributed by atoms with Crippen molar-refractivity contribution in [3.63, 3.8) is 0 Å². The van der Waals surface area contributed by atoms with Gasteiger partial charge in [0, 0.05) is 6.07 Å². The van der Waals surface area contributed by atoms with Crippen LogP contribution >= 0.6 is 0 Å². The summed E-state index contributed by atoms with van der Waals surface area (Å²) in [4.78, 5) is 23.1. The molecule has 0 fully saturated rings. The fourth-order valence-electron chi connectivity index (χ4n) is 1.62. The molecule has 2 rings (SSSR count). The Balaban J connectivity index is 2.21. The van der Waals surface area contributed by atoms with Crippen molar-refractivity contribution in [3.8, 4) is 5.75 Å². The quantitative estimate of drug-likeness (QED) is 0.585. The van der Waals surface area contributed by atoms with E-state index in [1.54, 1.807) is 0 Å². The third kappa shape index (κ3) is 3.64. The highest BCUT2D eigenvalue weighted by Crippen LogP contribution is 2.29. The number of hydrazine groups is 1. The van der Waals surface area contributed by atoms with E-state index in [2.05, 4.69) is 0 Å². The molecule has 2 aromatic rings. The van der Waals surface area contributed by atoms with E-state index in [0.29, 0.717) is 0 Å². The van der Waals surface area contributed by atoms with Crippen LogP contribution in [-0.4, -0.2) is 26.4 Å². The predicted molar refractivity (Wildman–Crippen MR) is 76.1 cm³/mol. The second-order valence-electron chi connectivity index (χ2n) is 4.13. The highest BCUT2D eigenvalue weighted by molar-refractivity contribution is 7.89. The molecule has 122 valence electrons. The van der Waals surface area contributed by atoms with Gasteiger partial charge in [0.1, 0.15) is 0 Å². The summed E-state index contributed by atoms with van der Waals surface area (Å²) in [5.41, 5.74) is 1.41. The summed E-state index contributed by atoms with van der Waals surface area (Å²) < 4.78 is 33.7. The molecule has 1 aromatic carbocycles. The lowest BCUT2D eigenvalue weighted by Crippen LogP contribution is -2.41. The molecule has 0 radical (unpaired) electrons. The molecule has 1 aromatic heterocycles. The molecule has 10 nitrogen and oxygen atoms in total. The Hall–Kier alpha value is -2.92. The van der Waals surface area contributed by atoms with Crippen molar-refractivity contribution in [1.82, 2.24) is 10.3 Å². The molecule has 0 spiro atoms. The maximum absolute atomic E-state index is 12.1. The topological polar surface area (TPSA) is 141 Å². The van der Waals surface area contributed by atoms with Gasteiger partial charge in [-0.3, -0.25) is 20.3 Å². The van der Waals surface area contributed by atoms with E-state index in [1.807, 2.05) is 10.3 Å². The Bertz CT molecular complexity index is 830. The molecular formula is C12H11N3O7S. The second kappa shape index (κ2) is 6.46. The molecule has 0 unspecified atom stereocenters. The number of nitro benzene ring substituents is 1. The summed E-state index contributed by atoms with van der Waals surface area (Å²) in [5, 5.41) is 10.9. The highest BCUT2D eigenvalue weighted by atomic mass is 32.2. The summed E-state index contributed by atoms with van der Waals surface area (Å²) >= 11 is 0. The van der Waals surface area contributed by atoms with E-state index < -0.39 is 31.4 Å². The summed E-state index contributed by atoms with van der Waals surface area (Å²) in [6.45, 7) is 0. The van der Waals surface area contributed by atoms with E-state index in [1.165, 1.54) is 25.5 Å². The minimum atomic E-state index is -4.21. The average molecular weight is 341 g/mol. The number of methoxy groups -OCH3 is 1. The molecule has 0 atom stereocenters. The summed E-state index contributed by atoms with van der Waals surface area (Å²) in [6.07, 6.45) is 1.25. The Morgan fingerprint density at radius 1 is 1.35 bits per heavy atom. The number of hydrogen-bond acceptors (Lipinski definition) is 7. The van der Waals surface area contributed by atoms with Crippen LogP contribution in [-0.2, 0) is 10.0 Å². The molecule has 0 aliphatic carbocycles. The van der Waals surface area contributed by atoms with E-state index in [4.69, 9.17) is 9.15 Å². The van der Waals surface area contributed by atoms with Crippen LogP contribution in [0, 0.1) is 10.1 Å². The van der Waals surface area contributed by atoms with Crippen LogP contribution in [0.5, 0.6) is 5.75 Å². The Labute approximate surface area is 130 Å². The van der Waals surface area contributed by atoms with Gasteiger partial charge in [0.05, 0.1) is 23.2 Å². The number of amides is 1. The molecule has 1 heterocycles. The SMILES string of the molecule is COc1ccc(S(=O)(=O)NNC(=O)c2ccco2)cc1[N+](=O)[O-]. The maximum Gasteiger partial charge on any atom is 0.312 e. The van der Waals surface area contributed by atoms with E-state index in [9.17, 15) is 23.3 Å². The Morgan fingerprint density at radius 3 is 2.65 bits per heavy atom. The smallest absolute Gasteiger partial charge is 0.312 e. The first-order valence-corrected chi connectivity index (χ1v) is 7.51. The fraction of sp³-hybridized carbons (Fsp3) is 0.0833. The summed E-state index contributed by atoms with van der Waals surface area (Å²) in [6, 6.07) is 5.85. The summed E-state index contributed by atoms with van der Waals surface area (Å²) in [7, 11) is -2.99. The maximum atomic E-state index is 12.1. The van der Waals surface area contributed by atoms with Gasteiger partial charge in [-0.15, -0.1) is 4.83 Å². The minimum Gasteiger partial charge on any atom is -0.490 e. The van der Waals surface area contributed by atoms with Gasteiger partial charge in [-0.2, -0.15) is 0 Å². The van der Waals surface area contributed by atoms with Crippen LogP contribution in [0.15, 0.2) is 45.9 Å². The number of nitrogens with zero attached hydrogens (tertiary/aromatic N) is 1. The molecule has 2 N–H and O–H groups in total. The van der Waals surface area contributed by atoms with Gasteiger partial charge in [0.25, 0.3) is 10.0 Å². The molecule has 0 aliphatic heterocycles. The van der Waals surface area contributed by atoms with E-state index in [-0.39, 0.29) is 11.5 Å². The van der Waals surface area contributed by atoms with E-state index >= 15 is 0 Å². The number of benzene rings is 1. The molecular weight excluding hydrogens is 330 g/mol. The van der Waals surface area contributed by atoms with E-state index in [0.717, 1.165) is 18.2 Å². The number of nitrogens with one attached hydrogen (secondary N) is 2. The van der Waals surface area contributed by atoms with Crippen molar-refractivity contribution in [2.75, 3.05) is 7.11 Å². The van der Waals surface area contributed by atoms with Crippen LogP contribution in [0.25, 0.3) is 0 Å². The zero-order valence-electron chi connectivity index (χ0n) is 11.7. The van der Waals surface area contributed by atoms with Crippen molar-refractivity contribution < 1.29 is 27.3 Å². The average Bonchev–Trinajstić information content (AvgIpc) is 3.06. The molecule has 23 heavy (non-hydrogen) atoms. The van der Waals surface area contributed by atoms with Crippen molar-refractivity contribution >= 4 is 21.6 Å². The number of carbonyl (C=O) groups excluding carboxylic acids is 1. The monoisotopic (exact) mass is 341 g/mol.